The van der Waals surface area contributed by atoms with Crippen molar-refractivity contribution in [3.8, 4) is 5.75 Å². The number of hydrogen-bond donors (Lipinski definition) is 3. The zero-order chi connectivity index (χ0) is 19.4. The number of rotatable bonds is 5. The largest absolute Gasteiger partial charge is 0.507 e. The summed E-state index contributed by atoms with van der Waals surface area (Å²) >= 11 is 6.96. The standard InChI is InChI=1S/C20H17Br2N3O2/c1-12-8-16(21)20(17(22)9-12)23-11-19(27)25-24-10-15-14-5-3-2-4-13(14)6-7-18(15)26/h2-10,23,26H,11H2,1H3,(H,25,27)/b24-10+. The van der Waals surface area contributed by atoms with Crippen molar-refractivity contribution < 1.29 is 9.90 Å². The van der Waals surface area contributed by atoms with E-state index < -0.39 is 0 Å². The summed E-state index contributed by atoms with van der Waals surface area (Å²) in [6.45, 7) is 2.04. The molecule has 3 aromatic rings. The molecule has 0 aromatic heterocycles. The Morgan fingerprint density at radius 2 is 1.85 bits per heavy atom. The van der Waals surface area contributed by atoms with Gasteiger partial charge in [0.25, 0.3) is 5.91 Å². The van der Waals surface area contributed by atoms with Crippen molar-refractivity contribution >= 4 is 60.4 Å². The van der Waals surface area contributed by atoms with Crippen molar-refractivity contribution in [2.45, 2.75) is 6.92 Å². The summed E-state index contributed by atoms with van der Waals surface area (Å²) in [5.74, 6) is -0.192. The van der Waals surface area contributed by atoms with Crippen LogP contribution >= 0.6 is 31.9 Å². The fourth-order valence-corrected chi connectivity index (χ4v) is 4.36. The van der Waals surface area contributed by atoms with Gasteiger partial charge in [0.2, 0.25) is 0 Å². The number of nitrogens with one attached hydrogen (secondary N) is 2. The summed E-state index contributed by atoms with van der Waals surface area (Å²) in [7, 11) is 0. The first-order valence-corrected chi connectivity index (χ1v) is 9.76. The smallest absolute Gasteiger partial charge is 0.259 e. The molecule has 3 aromatic carbocycles. The molecule has 0 aliphatic heterocycles. The number of carbonyl (C=O) groups is 1. The van der Waals surface area contributed by atoms with E-state index in [0.717, 1.165) is 31.0 Å². The molecule has 0 radical (unpaired) electrons. The van der Waals surface area contributed by atoms with Crippen LogP contribution in [0.1, 0.15) is 11.1 Å². The highest BCUT2D eigenvalue weighted by Crippen LogP contribution is 2.32. The molecule has 0 heterocycles. The number of benzene rings is 3. The van der Waals surface area contributed by atoms with E-state index in [1.165, 1.54) is 6.21 Å². The first kappa shape index (κ1) is 19.4. The van der Waals surface area contributed by atoms with E-state index in [-0.39, 0.29) is 18.2 Å². The van der Waals surface area contributed by atoms with Crippen LogP contribution in [-0.4, -0.2) is 23.8 Å². The highest BCUT2D eigenvalue weighted by molar-refractivity contribution is 9.11. The van der Waals surface area contributed by atoms with E-state index in [4.69, 9.17) is 0 Å². The Balaban J connectivity index is 1.66. The second-order valence-corrected chi connectivity index (χ2v) is 7.68. The number of amides is 1. The number of carbonyl (C=O) groups excluding carboxylic acids is 1. The van der Waals surface area contributed by atoms with Crippen molar-refractivity contribution in [2.24, 2.45) is 5.10 Å². The van der Waals surface area contributed by atoms with Gasteiger partial charge in [0.05, 0.1) is 18.4 Å². The molecule has 0 unspecified atom stereocenters. The normalized spacial score (nSPS) is 11.1. The van der Waals surface area contributed by atoms with E-state index >= 15 is 0 Å². The Bertz CT molecular complexity index is 1010. The quantitative estimate of drug-likeness (QED) is 0.350. The van der Waals surface area contributed by atoms with Gasteiger partial charge in [-0.2, -0.15) is 5.10 Å². The highest BCUT2D eigenvalue weighted by atomic mass is 79.9. The topological polar surface area (TPSA) is 73.7 Å². The van der Waals surface area contributed by atoms with Gasteiger partial charge in [-0.05, 0) is 73.3 Å². The average Bonchev–Trinajstić information content (AvgIpc) is 2.62. The minimum absolute atomic E-state index is 0.0547. The Morgan fingerprint density at radius 3 is 2.59 bits per heavy atom. The lowest BCUT2D eigenvalue weighted by molar-refractivity contribution is -0.119. The maximum absolute atomic E-state index is 12.1. The van der Waals surface area contributed by atoms with Crippen LogP contribution in [0.25, 0.3) is 10.8 Å². The number of aromatic hydroxyl groups is 1. The first-order valence-electron chi connectivity index (χ1n) is 8.18. The summed E-state index contributed by atoms with van der Waals surface area (Å²) in [4.78, 5) is 12.1. The summed E-state index contributed by atoms with van der Waals surface area (Å²) in [6, 6.07) is 15.0. The van der Waals surface area contributed by atoms with Crippen LogP contribution in [0.15, 0.2) is 62.6 Å². The third-order valence-electron chi connectivity index (χ3n) is 3.94. The number of hydrogen-bond acceptors (Lipinski definition) is 4. The molecule has 0 aliphatic rings. The van der Waals surface area contributed by atoms with Crippen molar-refractivity contribution in [1.29, 1.82) is 0 Å². The zero-order valence-corrected chi connectivity index (χ0v) is 17.6. The Morgan fingerprint density at radius 1 is 1.15 bits per heavy atom. The molecule has 3 rings (SSSR count). The van der Waals surface area contributed by atoms with Gasteiger partial charge in [-0.1, -0.05) is 30.3 Å². The minimum atomic E-state index is -0.301. The van der Waals surface area contributed by atoms with Crippen LogP contribution in [0.5, 0.6) is 5.75 Å². The number of phenolic OH excluding ortho intramolecular Hbond substituents is 1. The van der Waals surface area contributed by atoms with E-state index in [9.17, 15) is 9.90 Å². The third-order valence-corrected chi connectivity index (χ3v) is 5.19. The summed E-state index contributed by atoms with van der Waals surface area (Å²) in [5.41, 5.74) is 4.93. The molecule has 3 N–H and O–H groups in total. The third kappa shape index (κ3) is 4.67. The van der Waals surface area contributed by atoms with Gasteiger partial charge in [-0.3, -0.25) is 4.79 Å². The molecule has 0 fully saturated rings. The maximum Gasteiger partial charge on any atom is 0.259 e. The molecule has 0 saturated heterocycles. The number of phenols is 1. The second-order valence-electron chi connectivity index (χ2n) is 5.97. The molecule has 0 bridgehead atoms. The van der Waals surface area contributed by atoms with Crippen LogP contribution in [0.2, 0.25) is 0 Å². The summed E-state index contributed by atoms with van der Waals surface area (Å²) < 4.78 is 1.73. The SMILES string of the molecule is Cc1cc(Br)c(NCC(=O)N/N=C/c2c(O)ccc3ccccc23)c(Br)c1. The molecule has 5 nitrogen and oxygen atoms in total. The van der Waals surface area contributed by atoms with Gasteiger partial charge in [0.15, 0.2) is 0 Å². The molecule has 0 saturated carbocycles. The number of hydrazone groups is 1. The Hall–Kier alpha value is -2.38. The van der Waals surface area contributed by atoms with Crippen LogP contribution in [-0.2, 0) is 4.79 Å². The Kier molecular flexibility index (Phi) is 6.13. The summed E-state index contributed by atoms with van der Waals surface area (Å²) in [5, 5.41) is 19.0. The van der Waals surface area contributed by atoms with Crippen molar-refractivity contribution in [1.82, 2.24) is 5.43 Å². The number of anilines is 1. The minimum Gasteiger partial charge on any atom is -0.507 e. The van der Waals surface area contributed by atoms with Crippen LogP contribution < -0.4 is 10.7 Å². The molecule has 0 spiro atoms. The van der Waals surface area contributed by atoms with Crippen molar-refractivity contribution in [2.75, 3.05) is 11.9 Å². The predicted octanol–water partition coefficient (Wildman–Crippen LogP) is 4.94. The fourth-order valence-electron chi connectivity index (χ4n) is 2.67. The zero-order valence-electron chi connectivity index (χ0n) is 14.5. The highest BCUT2D eigenvalue weighted by Gasteiger charge is 2.08. The lowest BCUT2D eigenvalue weighted by Crippen LogP contribution is -2.26. The number of halogens is 2. The molecule has 27 heavy (non-hydrogen) atoms. The van der Waals surface area contributed by atoms with Crippen LogP contribution in [0.3, 0.4) is 0 Å². The van der Waals surface area contributed by atoms with Crippen LogP contribution in [0, 0.1) is 6.92 Å². The monoisotopic (exact) mass is 489 g/mol. The predicted molar refractivity (Wildman–Crippen MR) is 116 cm³/mol. The van der Waals surface area contributed by atoms with E-state index in [2.05, 4.69) is 47.7 Å². The van der Waals surface area contributed by atoms with E-state index in [1.54, 1.807) is 6.07 Å². The van der Waals surface area contributed by atoms with Crippen molar-refractivity contribution in [3.05, 3.63) is 68.6 Å². The number of aryl methyl sites for hydroxylation is 1. The molecular formula is C20H17Br2N3O2. The van der Waals surface area contributed by atoms with Gasteiger partial charge in [-0.25, -0.2) is 5.43 Å². The van der Waals surface area contributed by atoms with E-state index in [0.29, 0.717) is 5.56 Å². The van der Waals surface area contributed by atoms with Gasteiger partial charge in [0, 0.05) is 14.5 Å². The average molecular weight is 491 g/mol. The molecule has 0 aliphatic carbocycles. The lowest BCUT2D eigenvalue weighted by Gasteiger charge is -2.11. The lowest BCUT2D eigenvalue weighted by atomic mass is 10.0. The second kappa shape index (κ2) is 8.54. The van der Waals surface area contributed by atoms with Gasteiger partial charge in [-0.15, -0.1) is 0 Å². The molecule has 1 amide bonds. The maximum atomic E-state index is 12.1. The first-order chi connectivity index (χ1) is 13.0. The summed E-state index contributed by atoms with van der Waals surface area (Å²) in [6.07, 6.45) is 1.45. The fraction of sp³-hybridized carbons (Fsp3) is 0.100. The van der Waals surface area contributed by atoms with E-state index in [1.807, 2.05) is 49.4 Å². The molecular weight excluding hydrogens is 474 g/mol. The number of fused-ring (bicyclic) bond motifs is 1. The van der Waals surface area contributed by atoms with Gasteiger partial charge in [0.1, 0.15) is 5.75 Å². The van der Waals surface area contributed by atoms with Gasteiger partial charge >= 0.3 is 0 Å². The Labute approximate surface area is 173 Å². The van der Waals surface area contributed by atoms with Crippen molar-refractivity contribution in [3.63, 3.8) is 0 Å². The molecule has 138 valence electrons. The van der Waals surface area contributed by atoms with Crippen LogP contribution in [0.4, 0.5) is 5.69 Å². The number of nitrogens with zero attached hydrogens (tertiary/aromatic N) is 1. The molecule has 7 heteroatoms. The molecule has 0 atom stereocenters. The van der Waals surface area contributed by atoms with Gasteiger partial charge < -0.3 is 10.4 Å².